The van der Waals surface area contributed by atoms with E-state index in [0.29, 0.717) is 0 Å². The van der Waals surface area contributed by atoms with Crippen molar-refractivity contribution >= 4 is 0 Å². The van der Waals surface area contributed by atoms with Crippen molar-refractivity contribution in [2.45, 2.75) is 32.7 Å². The molecular formula is C12H24N4. The van der Waals surface area contributed by atoms with E-state index in [2.05, 4.69) is 23.7 Å². The van der Waals surface area contributed by atoms with Crippen molar-refractivity contribution in [1.82, 2.24) is 14.5 Å². The van der Waals surface area contributed by atoms with Crippen LogP contribution < -0.4 is 5.73 Å². The fraction of sp³-hybridized carbons (Fsp3) is 0.750. The number of imidazole rings is 1. The molecule has 2 N–H and O–H groups in total. The second-order valence-corrected chi connectivity index (χ2v) is 4.23. The minimum atomic E-state index is 0.210. The van der Waals surface area contributed by atoms with Crippen molar-refractivity contribution in [2.75, 3.05) is 19.6 Å². The minimum absolute atomic E-state index is 0.210. The van der Waals surface area contributed by atoms with E-state index in [1.807, 2.05) is 24.0 Å². The standard InChI is InChI=1S/C12H24N4/c1-4-16(5-2)8-6-11(13)10-12-14-7-9-15(12)3/h7,9,11H,4-6,8,10,13H2,1-3H3. The Morgan fingerprint density at radius 1 is 1.44 bits per heavy atom. The van der Waals surface area contributed by atoms with Gasteiger partial charge in [0, 0.05) is 31.9 Å². The van der Waals surface area contributed by atoms with Crippen LogP contribution in [0, 0.1) is 0 Å². The molecule has 0 aliphatic rings. The van der Waals surface area contributed by atoms with Crippen LogP contribution in [-0.2, 0) is 13.5 Å². The second-order valence-electron chi connectivity index (χ2n) is 4.23. The summed E-state index contributed by atoms with van der Waals surface area (Å²) in [7, 11) is 2.01. The summed E-state index contributed by atoms with van der Waals surface area (Å²) >= 11 is 0. The Morgan fingerprint density at radius 3 is 2.62 bits per heavy atom. The number of hydrogen-bond acceptors (Lipinski definition) is 3. The molecule has 0 aliphatic heterocycles. The van der Waals surface area contributed by atoms with Crippen LogP contribution in [0.15, 0.2) is 12.4 Å². The van der Waals surface area contributed by atoms with Crippen molar-refractivity contribution < 1.29 is 0 Å². The van der Waals surface area contributed by atoms with E-state index < -0.39 is 0 Å². The lowest BCUT2D eigenvalue weighted by molar-refractivity contribution is 0.289. The normalized spacial score (nSPS) is 13.3. The summed E-state index contributed by atoms with van der Waals surface area (Å²) in [6, 6.07) is 0.210. The number of hydrogen-bond donors (Lipinski definition) is 1. The molecule has 4 heteroatoms. The minimum Gasteiger partial charge on any atom is -0.338 e. The Hall–Kier alpha value is -0.870. The van der Waals surface area contributed by atoms with Gasteiger partial charge in [-0.1, -0.05) is 13.8 Å². The van der Waals surface area contributed by atoms with E-state index in [-0.39, 0.29) is 6.04 Å². The van der Waals surface area contributed by atoms with Gasteiger partial charge in [-0.3, -0.25) is 0 Å². The van der Waals surface area contributed by atoms with Gasteiger partial charge in [-0.2, -0.15) is 0 Å². The van der Waals surface area contributed by atoms with Crippen molar-refractivity contribution in [2.24, 2.45) is 12.8 Å². The lowest BCUT2D eigenvalue weighted by Crippen LogP contribution is -2.32. The van der Waals surface area contributed by atoms with E-state index in [9.17, 15) is 0 Å². The maximum atomic E-state index is 6.11. The Bertz CT molecular complexity index is 291. The van der Waals surface area contributed by atoms with Crippen LogP contribution >= 0.6 is 0 Å². The molecule has 1 aromatic rings. The fourth-order valence-electron chi connectivity index (χ4n) is 1.82. The van der Waals surface area contributed by atoms with Gasteiger partial charge in [0.2, 0.25) is 0 Å². The lowest BCUT2D eigenvalue weighted by atomic mass is 10.1. The molecule has 0 saturated carbocycles. The molecule has 0 spiro atoms. The quantitative estimate of drug-likeness (QED) is 0.752. The average molecular weight is 224 g/mol. The van der Waals surface area contributed by atoms with Gasteiger partial charge in [0.15, 0.2) is 0 Å². The van der Waals surface area contributed by atoms with Gasteiger partial charge in [0.1, 0.15) is 5.82 Å². The zero-order valence-electron chi connectivity index (χ0n) is 10.7. The Balaban J connectivity index is 2.31. The third-order valence-electron chi connectivity index (χ3n) is 3.08. The summed E-state index contributed by atoms with van der Waals surface area (Å²) in [5, 5.41) is 0. The first kappa shape index (κ1) is 13.2. The molecule has 0 bridgehead atoms. The van der Waals surface area contributed by atoms with E-state index >= 15 is 0 Å². The van der Waals surface area contributed by atoms with Gasteiger partial charge in [0.25, 0.3) is 0 Å². The van der Waals surface area contributed by atoms with Crippen LogP contribution in [0.25, 0.3) is 0 Å². The van der Waals surface area contributed by atoms with Crippen molar-refractivity contribution in [3.63, 3.8) is 0 Å². The fourth-order valence-corrected chi connectivity index (χ4v) is 1.82. The molecule has 0 aromatic carbocycles. The first-order chi connectivity index (χ1) is 7.67. The van der Waals surface area contributed by atoms with Crippen LogP contribution in [0.1, 0.15) is 26.1 Å². The Labute approximate surface area is 98.5 Å². The Kier molecular flexibility index (Phi) is 5.49. The summed E-state index contributed by atoms with van der Waals surface area (Å²) in [4.78, 5) is 6.69. The summed E-state index contributed by atoms with van der Waals surface area (Å²) in [6.45, 7) is 7.66. The zero-order chi connectivity index (χ0) is 12.0. The summed E-state index contributed by atoms with van der Waals surface area (Å²) < 4.78 is 2.04. The molecule has 1 rings (SSSR count). The van der Waals surface area contributed by atoms with Crippen LogP contribution in [0.5, 0.6) is 0 Å². The highest BCUT2D eigenvalue weighted by atomic mass is 15.1. The van der Waals surface area contributed by atoms with Crippen molar-refractivity contribution in [1.29, 1.82) is 0 Å². The molecule has 1 atom stereocenters. The predicted molar refractivity (Wildman–Crippen MR) is 67.3 cm³/mol. The Morgan fingerprint density at radius 2 is 2.12 bits per heavy atom. The number of nitrogens with two attached hydrogens (primary N) is 1. The van der Waals surface area contributed by atoms with Crippen LogP contribution in [0.3, 0.4) is 0 Å². The summed E-state index contributed by atoms with van der Waals surface area (Å²) in [5.41, 5.74) is 6.11. The van der Waals surface area contributed by atoms with Gasteiger partial charge >= 0.3 is 0 Å². The molecule has 4 nitrogen and oxygen atoms in total. The van der Waals surface area contributed by atoms with Gasteiger partial charge in [-0.05, 0) is 26.1 Å². The molecule has 0 fully saturated rings. The predicted octanol–water partition coefficient (Wildman–Crippen LogP) is 1.02. The molecule has 0 aliphatic carbocycles. The smallest absolute Gasteiger partial charge is 0.109 e. The molecule has 1 heterocycles. The monoisotopic (exact) mass is 224 g/mol. The molecule has 92 valence electrons. The first-order valence-corrected chi connectivity index (χ1v) is 6.11. The van der Waals surface area contributed by atoms with Crippen LogP contribution in [0.2, 0.25) is 0 Å². The summed E-state index contributed by atoms with van der Waals surface area (Å²) in [5.74, 6) is 1.08. The molecule has 16 heavy (non-hydrogen) atoms. The third-order valence-corrected chi connectivity index (χ3v) is 3.08. The highest BCUT2D eigenvalue weighted by Crippen LogP contribution is 2.02. The van der Waals surface area contributed by atoms with Gasteiger partial charge in [-0.25, -0.2) is 4.98 Å². The van der Waals surface area contributed by atoms with Crippen molar-refractivity contribution in [3.8, 4) is 0 Å². The SMILES string of the molecule is CCN(CC)CCC(N)Cc1nccn1C. The van der Waals surface area contributed by atoms with E-state index in [4.69, 9.17) is 5.73 Å². The number of rotatable bonds is 7. The number of aromatic nitrogens is 2. The van der Waals surface area contributed by atoms with Gasteiger partial charge < -0.3 is 15.2 Å². The second kappa shape index (κ2) is 6.66. The number of aryl methyl sites for hydroxylation is 1. The highest BCUT2D eigenvalue weighted by Gasteiger charge is 2.09. The molecular weight excluding hydrogens is 200 g/mol. The molecule has 0 amide bonds. The first-order valence-electron chi connectivity index (χ1n) is 6.11. The summed E-state index contributed by atoms with van der Waals surface area (Å²) in [6.07, 6.45) is 5.69. The van der Waals surface area contributed by atoms with E-state index in [1.165, 1.54) is 0 Å². The third kappa shape index (κ3) is 3.94. The zero-order valence-corrected chi connectivity index (χ0v) is 10.7. The maximum absolute atomic E-state index is 6.11. The van der Waals surface area contributed by atoms with Gasteiger partial charge in [0.05, 0.1) is 0 Å². The highest BCUT2D eigenvalue weighted by molar-refractivity contribution is 4.93. The van der Waals surface area contributed by atoms with Crippen molar-refractivity contribution in [3.05, 3.63) is 18.2 Å². The van der Waals surface area contributed by atoms with Crippen LogP contribution in [-0.4, -0.2) is 40.1 Å². The largest absolute Gasteiger partial charge is 0.338 e. The molecule has 1 aromatic heterocycles. The maximum Gasteiger partial charge on any atom is 0.109 e. The van der Waals surface area contributed by atoms with E-state index in [1.54, 1.807) is 0 Å². The van der Waals surface area contributed by atoms with Gasteiger partial charge in [-0.15, -0.1) is 0 Å². The molecule has 0 saturated heterocycles. The molecule has 1 unspecified atom stereocenters. The van der Waals surface area contributed by atoms with E-state index in [0.717, 1.165) is 38.3 Å². The topological polar surface area (TPSA) is 47.1 Å². The average Bonchev–Trinajstić information content (AvgIpc) is 2.66. The lowest BCUT2D eigenvalue weighted by Gasteiger charge is -2.20. The number of nitrogens with zero attached hydrogens (tertiary/aromatic N) is 3. The molecule has 0 radical (unpaired) electrons. The van der Waals surface area contributed by atoms with Crippen LogP contribution in [0.4, 0.5) is 0 Å².